The lowest BCUT2D eigenvalue weighted by molar-refractivity contribution is 0.387. The monoisotopic (exact) mass is 517 g/mol. The molecule has 7 nitrogen and oxygen atoms in total. The molecule has 3 aromatic rings. The van der Waals surface area contributed by atoms with Crippen LogP contribution < -0.4 is 15.4 Å². The van der Waals surface area contributed by atoms with E-state index >= 15 is 0 Å². The van der Waals surface area contributed by atoms with E-state index < -0.39 is 10.0 Å². The van der Waals surface area contributed by atoms with Crippen LogP contribution in [0, 0.1) is 5.82 Å². The quantitative estimate of drug-likeness (QED) is 0.360. The van der Waals surface area contributed by atoms with Crippen LogP contribution in [0.5, 0.6) is 0 Å². The van der Waals surface area contributed by atoms with E-state index in [1.807, 2.05) is 30.3 Å². The second-order valence-corrected chi connectivity index (χ2v) is 11.1. The average molecular weight is 518 g/mol. The topological polar surface area (TPSA) is 96.0 Å². The molecule has 3 N–H and O–H groups in total. The van der Waals surface area contributed by atoms with Gasteiger partial charge < -0.3 is 10.6 Å². The molecule has 0 amide bonds. The van der Waals surface area contributed by atoms with Gasteiger partial charge in [0.15, 0.2) is 0 Å². The molecule has 2 aromatic heterocycles. The average Bonchev–Trinajstić information content (AvgIpc) is 2.85. The Morgan fingerprint density at radius 1 is 1.03 bits per heavy atom. The lowest BCUT2D eigenvalue weighted by Gasteiger charge is -2.29. The van der Waals surface area contributed by atoms with Crippen LogP contribution >= 0.6 is 11.6 Å². The van der Waals surface area contributed by atoms with Crippen molar-refractivity contribution < 1.29 is 12.8 Å². The zero-order chi connectivity index (χ0) is 24.8. The molecule has 0 unspecified atom stereocenters. The van der Waals surface area contributed by atoms with Gasteiger partial charge in [0.25, 0.3) is 0 Å². The van der Waals surface area contributed by atoms with E-state index in [0.717, 1.165) is 36.8 Å². The molecule has 4 rings (SSSR count). The zero-order valence-corrected chi connectivity index (χ0v) is 21.0. The molecule has 1 fully saturated rings. The van der Waals surface area contributed by atoms with Gasteiger partial charge in [-0.2, -0.15) is 0 Å². The highest BCUT2D eigenvalue weighted by molar-refractivity contribution is 7.89. The van der Waals surface area contributed by atoms with Crippen molar-refractivity contribution in [1.29, 1.82) is 0 Å². The van der Waals surface area contributed by atoms with E-state index in [1.165, 1.54) is 12.1 Å². The van der Waals surface area contributed by atoms with Crippen molar-refractivity contribution in [1.82, 2.24) is 14.7 Å². The number of benzene rings is 1. The summed E-state index contributed by atoms with van der Waals surface area (Å²) in [5, 5.41) is 7.17. The van der Waals surface area contributed by atoms with Crippen molar-refractivity contribution in [2.24, 2.45) is 0 Å². The Balaban J connectivity index is 1.40. The molecule has 186 valence electrons. The molecule has 0 atom stereocenters. The first-order chi connectivity index (χ1) is 16.8. The largest absolute Gasteiger partial charge is 0.367 e. The summed E-state index contributed by atoms with van der Waals surface area (Å²) >= 11 is 6.45. The van der Waals surface area contributed by atoms with E-state index in [0.29, 0.717) is 28.9 Å². The molecule has 1 saturated carbocycles. The Bertz CT molecular complexity index is 1270. The van der Waals surface area contributed by atoms with Crippen molar-refractivity contribution in [2.45, 2.75) is 51.2 Å². The zero-order valence-electron chi connectivity index (χ0n) is 19.5. The molecule has 1 aliphatic carbocycles. The van der Waals surface area contributed by atoms with Gasteiger partial charge in [0.05, 0.1) is 16.5 Å². The lowest BCUT2D eigenvalue weighted by Crippen LogP contribution is -2.40. The summed E-state index contributed by atoms with van der Waals surface area (Å²) in [7, 11) is -3.19. The Morgan fingerprint density at radius 3 is 2.51 bits per heavy atom. The molecule has 1 aromatic carbocycles. The minimum absolute atomic E-state index is 0.0152. The molecule has 10 heteroatoms. The van der Waals surface area contributed by atoms with Crippen molar-refractivity contribution >= 4 is 33.3 Å². The molecule has 0 spiro atoms. The predicted molar refractivity (Wildman–Crippen MR) is 138 cm³/mol. The number of nitrogens with one attached hydrogen (secondary N) is 3. The molecule has 0 aliphatic heterocycles. The lowest BCUT2D eigenvalue weighted by atomic mass is 9.92. The Kier molecular flexibility index (Phi) is 8.20. The molecule has 2 heterocycles. The third kappa shape index (κ3) is 7.13. The highest BCUT2D eigenvalue weighted by Gasteiger charge is 2.24. The van der Waals surface area contributed by atoms with Crippen LogP contribution in [0.2, 0.25) is 5.02 Å². The maximum Gasteiger partial charge on any atom is 0.211 e. The fourth-order valence-electron chi connectivity index (χ4n) is 4.14. The van der Waals surface area contributed by atoms with Crippen LogP contribution in [0.4, 0.5) is 16.0 Å². The van der Waals surface area contributed by atoms with Gasteiger partial charge in [-0.15, -0.1) is 0 Å². The molecule has 0 radical (unpaired) electrons. The summed E-state index contributed by atoms with van der Waals surface area (Å²) in [5.74, 6) is 1.17. The first-order valence-corrected chi connectivity index (χ1v) is 13.7. The molecule has 0 saturated heterocycles. The summed E-state index contributed by atoms with van der Waals surface area (Å²) < 4.78 is 39.8. The SMILES string of the molecule is CCS(=O)(=O)N[C@H]1CC[C@H](Nc2cc(-c3cccc(NCc4cccc(F)c4)n3)c(Cl)cn2)CC1. The van der Waals surface area contributed by atoms with Gasteiger partial charge in [-0.05, 0) is 68.5 Å². The van der Waals surface area contributed by atoms with Gasteiger partial charge in [-0.3, -0.25) is 0 Å². The first kappa shape index (κ1) is 25.3. The van der Waals surface area contributed by atoms with Gasteiger partial charge in [-0.1, -0.05) is 29.8 Å². The number of aromatic nitrogens is 2. The van der Waals surface area contributed by atoms with Crippen molar-refractivity contribution in [2.75, 3.05) is 16.4 Å². The highest BCUT2D eigenvalue weighted by Crippen LogP contribution is 2.30. The number of sulfonamides is 1. The normalized spacial score (nSPS) is 18.3. The summed E-state index contributed by atoms with van der Waals surface area (Å²) in [5.41, 5.74) is 2.27. The van der Waals surface area contributed by atoms with Crippen LogP contribution in [0.25, 0.3) is 11.3 Å². The van der Waals surface area contributed by atoms with Crippen molar-refractivity contribution in [3.63, 3.8) is 0 Å². The summed E-state index contributed by atoms with van der Waals surface area (Å²) in [4.78, 5) is 9.09. The highest BCUT2D eigenvalue weighted by atomic mass is 35.5. The van der Waals surface area contributed by atoms with Crippen LogP contribution in [-0.2, 0) is 16.6 Å². The van der Waals surface area contributed by atoms with E-state index in [1.54, 1.807) is 19.2 Å². The summed E-state index contributed by atoms with van der Waals surface area (Å²) in [6.07, 6.45) is 4.84. The van der Waals surface area contributed by atoms with E-state index in [-0.39, 0.29) is 23.7 Å². The number of nitrogens with zero attached hydrogens (tertiary/aromatic N) is 2. The number of rotatable bonds is 9. The minimum Gasteiger partial charge on any atom is -0.367 e. The number of hydrogen-bond acceptors (Lipinski definition) is 6. The third-order valence-electron chi connectivity index (χ3n) is 6.05. The van der Waals surface area contributed by atoms with Crippen LogP contribution in [0.3, 0.4) is 0 Å². The summed E-state index contributed by atoms with van der Waals surface area (Å²) in [6, 6.07) is 14.1. The number of hydrogen-bond donors (Lipinski definition) is 3. The Hall–Kier alpha value is -2.75. The number of pyridine rings is 2. The van der Waals surface area contributed by atoms with E-state index in [2.05, 4.69) is 25.3 Å². The standard InChI is InChI=1S/C25H29ClFN5O2S/c1-2-35(33,34)32-20-11-9-19(10-12-20)30-25-14-21(22(26)16-29-25)23-7-4-8-24(31-23)28-15-17-5-3-6-18(27)13-17/h3-8,13-14,16,19-20,32H,2,9-12,15H2,1H3,(H,28,31)(H,29,30)/t19-,20-. The van der Waals surface area contributed by atoms with Gasteiger partial charge in [0.2, 0.25) is 10.0 Å². The predicted octanol–water partition coefficient (Wildman–Crippen LogP) is 5.21. The maximum absolute atomic E-state index is 13.4. The van der Waals surface area contributed by atoms with Crippen molar-refractivity contribution in [3.8, 4) is 11.3 Å². The first-order valence-electron chi connectivity index (χ1n) is 11.7. The van der Waals surface area contributed by atoms with Crippen molar-refractivity contribution in [3.05, 3.63) is 71.1 Å². The van der Waals surface area contributed by atoms with E-state index in [4.69, 9.17) is 11.6 Å². The fourth-order valence-corrected chi connectivity index (χ4v) is 5.25. The molecular formula is C25H29ClFN5O2S. The molecule has 0 bridgehead atoms. The molecule has 1 aliphatic rings. The second kappa shape index (κ2) is 11.3. The van der Waals surface area contributed by atoms with Crippen LogP contribution in [0.15, 0.2) is 54.7 Å². The number of halogens is 2. The fraction of sp³-hybridized carbons (Fsp3) is 0.360. The smallest absolute Gasteiger partial charge is 0.211 e. The van der Waals surface area contributed by atoms with Gasteiger partial charge in [0.1, 0.15) is 17.5 Å². The molecular weight excluding hydrogens is 489 g/mol. The van der Waals surface area contributed by atoms with Crippen LogP contribution in [-0.4, -0.2) is 36.2 Å². The van der Waals surface area contributed by atoms with Gasteiger partial charge in [-0.25, -0.2) is 27.5 Å². The maximum atomic E-state index is 13.4. The summed E-state index contributed by atoms with van der Waals surface area (Å²) in [6.45, 7) is 2.09. The Morgan fingerprint density at radius 2 is 1.77 bits per heavy atom. The van der Waals surface area contributed by atoms with Gasteiger partial charge >= 0.3 is 0 Å². The Labute approximate surface area is 210 Å². The van der Waals surface area contributed by atoms with E-state index in [9.17, 15) is 12.8 Å². The minimum atomic E-state index is -3.19. The second-order valence-electron chi connectivity index (χ2n) is 8.66. The van der Waals surface area contributed by atoms with Crippen LogP contribution in [0.1, 0.15) is 38.2 Å². The number of anilines is 2. The van der Waals surface area contributed by atoms with Gasteiger partial charge in [0, 0.05) is 30.4 Å². The third-order valence-corrected chi connectivity index (χ3v) is 7.80. The molecule has 35 heavy (non-hydrogen) atoms.